The highest BCUT2D eigenvalue weighted by molar-refractivity contribution is 5.85. The van der Waals surface area contributed by atoms with Crippen LogP contribution in [0.5, 0.6) is 17.2 Å². The van der Waals surface area contributed by atoms with Crippen molar-refractivity contribution in [1.29, 1.82) is 0 Å². The van der Waals surface area contributed by atoms with Gasteiger partial charge in [0.1, 0.15) is 17.2 Å². The average molecular weight is 294 g/mol. The molecular weight excluding hydrogens is 274 g/mol. The van der Waals surface area contributed by atoms with Crippen LogP contribution in [-0.2, 0) is 0 Å². The number of ether oxygens (including phenoxy) is 2. The van der Waals surface area contributed by atoms with Crippen molar-refractivity contribution in [3.63, 3.8) is 0 Å². The van der Waals surface area contributed by atoms with Crippen LogP contribution >= 0.6 is 12.4 Å². The third-order valence-corrected chi connectivity index (χ3v) is 2.64. The van der Waals surface area contributed by atoms with Crippen LogP contribution in [-0.4, -0.2) is 20.2 Å². The van der Waals surface area contributed by atoms with Gasteiger partial charge in [-0.15, -0.1) is 12.4 Å². The summed E-state index contributed by atoms with van der Waals surface area (Å²) in [5.41, 5.74) is 0. The first kappa shape index (κ1) is 16.3. The predicted molar refractivity (Wildman–Crippen MR) is 84.2 cm³/mol. The van der Waals surface area contributed by atoms with Crippen LogP contribution in [0, 0.1) is 0 Å². The molecule has 4 heteroatoms. The molecule has 0 amide bonds. The smallest absolute Gasteiger partial charge is 0.127 e. The summed E-state index contributed by atoms with van der Waals surface area (Å²) in [5, 5.41) is 3.09. The van der Waals surface area contributed by atoms with E-state index in [4.69, 9.17) is 9.47 Å². The molecule has 0 saturated heterocycles. The van der Waals surface area contributed by atoms with E-state index in [9.17, 15) is 0 Å². The van der Waals surface area contributed by atoms with E-state index < -0.39 is 0 Å². The zero-order valence-electron chi connectivity index (χ0n) is 11.5. The van der Waals surface area contributed by atoms with Crippen LogP contribution in [0.25, 0.3) is 0 Å². The number of halogens is 1. The lowest BCUT2D eigenvalue weighted by Crippen LogP contribution is -2.11. The monoisotopic (exact) mass is 293 g/mol. The van der Waals surface area contributed by atoms with Crippen molar-refractivity contribution >= 4 is 12.4 Å². The van der Waals surface area contributed by atoms with Crippen molar-refractivity contribution in [3.05, 3.63) is 54.6 Å². The summed E-state index contributed by atoms with van der Waals surface area (Å²) >= 11 is 0. The second-order valence-corrected chi connectivity index (χ2v) is 4.19. The van der Waals surface area contributed by atoms with Crippen molar-refractivity contribution in [2.75, 3.05) is 20.2 Å². The van der Waals surface area contributed by atoms with Crippen LogP contribution < -0.4 is 14.8 Å². The topological polar surface area (TPSA) is 30.5 Å². The molecule has 1 N–H and O–H groups in total. The van der Waals surface area contributed by atoms with E-state index in [2.05, 4.69) is 5.32 Å². The maximum absolute atomic E-state index is 5.71. The second kappa shape index (κ2) is 9.23. The zero-order chi connectivity index (χ0) is 13.3. The summed E-state index contributed by atoms with van der Waals surface area (Å²) in [4.78, 5) is 0. The van der Waals surface area contributed by atoms with Gasteiger partial charge in [0.15, 0.2) is 0 Å². The van der Waals surface area contributed by atoms with E-state index in [0.717, 1.165) is 36.8 Å². The van der Waals surface area contributed by atoms with Gasteiger partial charge in [-0.25, -0.2) is 0 Å². The first-order valence-corrected chi connectivity index (χ1v) is 6.49. The molecular formula is C16H20ClNO2. The van der Waals surface area contributed by atoms with Crippen LogP contribution in [0.15, 0.2) is 54.6 Å². The Bertz CT molecular complexity index is 474. The maximum atomic E-state index is 5.71. The highest BCUT2D eigenvalue weighted by Gasteiger charge is 1.98. The molecule has 0 fully saturated rings. The summed E-state index contributed by atoms with van der Waals surface area (Å²) in [6.07, 6.45) is 0.999. The van der Waals surface area contributed by atoms with Crippen molar-refractivity contribution in [3.8, 4) is 17.2 Å². The summed E-state index contributed by atoms with van der Waals surface area (Å²) in [6.45, 7) is 1.69. The lowest BCUT2D eigenvalue weighted by atomic mass is 10.3. The molecule has 0 unspecified atom stereocenters. The SMILES string of the molecule is CNCCCOc1ccc(Oc2ccccc2)cc1.Cl. The Kier molecular flexibility index (Phi) is 7.55. The number of hydrogen-bond donors (Lipinski definition) is 1. The van der Waals surface area contributed by atoms with Crippen LogP contribution in [0.4, 0.5) is 0 Å². The third-order valence-electron chi connectivity index (χ3n) is 2.64. The second-order valence-electron chi connectivity index (χ2n) is 4.19. The molecule has 108 valence electrons. The molecule has 20 heavy (non-hydrogen) atoms. The zero-order valence-corrected chi connectivity index (χ0v) is 12.4. The van der Waals surface area contributed by atoms with Gasteiger partial charge >= 0.3 is 0 Å². The molecule has 0 bridgehead atoms. The van der Waals surface area contributed by atoms with Gasteiger partial charge in [-0.1, -0.05) is 18.2 Å². The number of hydrogen-bond acceptors (Lipinski definition) is 3. The van der Waals surface area contributed by atoms with Crippen LogP contribution in [0.1, 0.15) is 6.42 Å². The van der Waals surface area contributed by atoms with E-state index in [-0.39, 0.29) is 12.4 Å². The van der Waals surface area contributed by atoms with Gasteiger partial charge in [-0.3, -0.25) is 0 Å². The summed E-state index contributed by atoms with van der Waals surface area (Å²) in [7, 11) is 1.94. The summed E-state index contributed by atoms with van der Waals surface area (Å²) in [6, 6.07) is 17.4. The van der Waals surface area contributed by atoms with Gasteiger partial charge in [-0.05, 0) is 56.4 Å². The quantitative estimate of drug-likeness (QED) is 0.786. The van der Waals surface area contributed by atoms with Crippen molar-refractivity contribution in [2.24, 2.45) is 0 Å². The number of rotatable bonds is 7. The van der Waals surface area contributed by atoms with E-state index in [1.165, 1.54) is 0 Å². The van der Waals surface area contributed by atoms with E-state index in [0.29, 0.717) is 0 Å². The molecule has 0 aromatic heterocycles. The first-order chi connectivity index (χ1) is 9.38. The first-order valence-electron chi connectivity index (χ1n) is 6.49. The fourth-order valence-electron chi connectivity index (χ4n) is 1.67. The Morgan fingerprint density at radius 2 is 1.45 bits per heavy atom. The van der Waals surface area contributed by atoms with Crippen molar-refractivity contribution in [1.82, 2.24) is 5.32 Å². The van der Waals surface area contributed by atoms with Gasteiger partial charge in [0.05, 0.1) is 6.61 Å². The normalized spacial score (nSPS) is 9.65. The Morgan fingerprint density at radius 3 is 2.10 bits per heavy atom. The summed E-state index contributed by atoms with van der Waals surface area (Å²) in [5.74, 6) is 2.52. The Hall–Kier alpha value is -1.71. The van der Waals surface area contributed by atoms with Gasteiger partial charge in [0.25, 0.3) is 0 Å². The minimum absolute atomic E-state index is 0. The lowest BCUT2D eigenvalue weighted by molar-refractivity contribution is 0.309. The molecule has 0 aliphatic heterocycles. The summed E-state index contributed by atoms with van der Waals surface area (Å²) < 4.78 is 11.3. The lowest BCUT2D eigenvalue weighted by Gasteiger charge is -2.08. The van der Waals surface area contributed by atoms with Gasteiger partial charge in [0.2, 0.25) is 0 Å². The molecule has 0 aliphatic rings. The Labute approximate surface area is 126 Å². The van der Waals surface area contributed by atoms with Gasteiger partial charge in [-0.2, -0.15) is 0 Å². The molecule has 0 aliphatic carbocycles. The Balaban J connectivity index is 0.00000200. The number of para-hydroxylation sites is 1. The number of benzene rings is 2. The molecule has 2 aromatic carbocycles. The third kappa shape index (κ3) is 5.51. The van der Waals surface area contributed by atoms with Gasteiger partial charge < -0.3 is 14.8 Å². The van der Waals surface area contributed by atoms with Crippen molar-refractivity contribution in [2.45, 2.75) is 6.42 Å². The average Bonchev–Trinajstić information content (AvgIpc) is 2.46. The molecule has 2 aromatic rings. The maximum Gasteiger partial charge on any atom is 0.127 e. The highest BCUT2D eigenvalue weighted by atomic mass is 35.5. The fourth-order valence-corrected chi connectivity index (χ4v) is 1.67. The molecule has 0 heterocycles. The molecule has 0 saturated carbocycles. The van der Waals surface area contributed by atoms with Gasteiger partial charge in [0, 0.05) is 0 Å². The highest BCUT2D eigenvalue weighted by Crippen LogP contribution is 2.23. The fraction of sp³-hybridized carbons (Fsp3) is 0.250. The predicted octanol–water partition coefficient (Wildman–Crippen LogP) is 3.89. The molecule has 2 rings (SSSR count). The van der Waals surface area contributed by atoms with Crippen LogP contribution in [0.2, 0.25) is 0 Å². The Morgan fingerprint density at radius 1 is 0.850 bits per heavy atom. The van der Waals surface area contributed by atoms with Crippen molar-refractivity contribution < 1.29 is 9.47 Å². The molecule has 0 atom stereocenters. The van der Waals surface area contributed by atoms with E-state index in [1.54, 1.807) is 0 Å². The number of nitrogens with one attached hydrogen (secondary N) is 1. The van der Waals surface area contributed by atoms with E-state index in [1.807, 2.05) is 61.6 Å². The standard InChI is InChI=1S/C16H19NO2.ClH/c1-17-12-5-13-18-14-8-10-16(11-9-14)19-15-6-3-2-4-7-15;/h2-4,6-11,17H,5,12-13H2,1H3;1H. The molecule has 0 radical (unpaired) electrons. The van der Waals surface area contributed by atoms with E-state index >= 15 is 0 Å². The van der Waals surface area contributed by atoms with Crippen LogP contribution in [0.3, 0.4) is 0 Å². The molecule has 0 spiro atoms. The minimum atomic E-state index is 0. The minimum Gasteiger partial charge on any atom is -0.494 e. The molecule has 3 nitrogen and oxygen atoms in total. The largest absolute Gasteiger partial charge is 0.494 e.